The summed E-state index contributed by atoms with van der Waals surface area (Å²) in [6.45, 7) is 0.958. The summed E-state index contributed by atoms with van der Waals surface area (Å²) in [6.07, 6.45) is 5.59. The summed E-state index contributed by atoms with van der Waals surface area (Å²) in [4.78, 5) is 18.3. The number of hydrogen-bond acceptors (Lipinski definition) is 4. The largest absolute Gasteiger partial charge is 0.384 e. The number of anilines is 2. The summed E-state index contributed by atoms with van der Waals surface area (Å²) in [6, 6.07) is 5.85. The zero-order valence-corrected chi connectivity index (χ0v) is 13.8. The molecule has 0 saturated heterocycles. The fraction of sp³-hybridized carbons (Fsp3) is 0.375. The fourth-order valence-electron chi connectivity index (χ4n) is 3.02. The van der Waals surface area contributed by atoms with Gasteiger partial charge in [0.05, 0.1) is 5.69 Å². The highest BCUT2D eigenvalue weighted by molar-refractivity contribution is 7.15. The van der Waals surface area contributed by atoms with Gasteiger partial charge in [0.1, 0.15) is 0 Å². The van der Waals surface area contributed by atoms with Crippen LogP contribution in [0.2, 0.25) is 0 Å². The van der Waals surface area contributed by atoms with Crippen molar-refractivity contribution in [3.05, 3.63) is 39.9 Å². The molecule has 116 valence electrons. The van der Waals surface area contributed by atoms with Gasteiger partial charge in [-0.2, -0.15) is 0 Å². The maximum atomic E-state index is 12.4. The van der Waals surface area contributed by atoms with Crippen LogP contribution < -0.4 is 10.6 Å². The second-order valence-electron chi connectivity index (χ2n) is 5.60. The van der Waals surface area contributed by atoms with Crippen LogP contribution in [-0.4, -0.2) is 17.4 Å². The number of carbonyl (C=O) groups is 1. The van der Waals surface area contributed by atoms with E-state index >= 15 is 0 Å². The van der Waals surface area contributed by atoms with E-state index in [0.717, 1.165) is 36.6 Å². The number of benzene rings is 1. The Morgan fingerprint density at radius 3 is 2.95 bits per heavy atom. The average Bonchev–Trinajstić information content (AvgIpc) is 3.11. The third kappa shape index (κ3) is 2.83. The molecule has 0 bridgehead atoms. The molecular weight excluding hydrogens is 318 g/mol. The van der Waals surface area contributed by atoms with Gasteiger partial charge in [0.25, 0.3) is 5.91 Å². The molecule has 1 aromatic heterocycles. The van der Waals surface area contributed by atoms with Gasteiger partial charge in [-0.15, -0.1) is 23.7 Å². The minimum atomic E-state index is -0.0594. The lowest BCUT2D eigenvalue weighted by Crippen LogP contribution is -2.12. The minimum Gasteiger partial charge on any atom is -0.384 e. The summed E-state index contributed by atoms with van der Waals surface area (Å²) in [5.74, 6) is -0.0594. The number of hydrogen-bond donors (Lipinski definition) is 2. The monoisotopic (exact) mass is 335 g/mol. The first kappa shape index (κ1) is 15.3. The number of aryl methyl sites for hydroxylation is 2. The fourth-order valence-corrected chi connectivity index (χ4v) is 4.07. The Labute approximate surface area is 139 Å². The first-order valence-corrected chi connectivity index (χ1v) is 8.28. The van der Waals surface area contributed by atoms with Crippen LogP contribution in [-0.2, 0) is 19.3 Å². The molecule has 4 rings (SSSR count). The summed E-state index contributed by atoms with van der Waals surface area (Å²) in [5, 5.41) is 7.00. The number of thiazole rings is 1. The van der Waals surface area contributed by atoms with Gasteiger partial charge in [0.2, 0.25) is 0 Å². The molecule has 1 aromatic carbocycles. The van der Waals surface area contributed by atoms with Crippen molar-refractivity contribution in [2.75, 3.05) is 17.2 Å². The Bertz CT molecular complexity index is 690. The molecule has 1 aliphatic heterocycles. The molecule has 2 N–H and O–H groups in total. The molecule has 4 nitrogen and oxygen atoms in total. The van der Waals surface area contributed by atoms with Gasteiger partial charge in [-0.1, -0.05) is 0 Å². The highest BCUT2D eigenvalue weighted by Gasteiger charge is 2.18. The molecular formula is C16H18ClN3OS. The van der Waals surface area contributed by atoms with Crippen LogP contribution in [0, 0.1) is 0 Å². The van der Waals surface area contributed by atoms with Crippen molar-refractivity contribution < 1.29 is 4.79 Å². The van der Waals surface area contributed by atoms with Crippen LogP contribution in [0.15, 0.2) is 18.2 Å². The minimum absolute atomic E-state index is 0. The Morgan fingerprint density at radius 2 is 2.09 bits per heavy atom. The highest BCUT2D eigenvalue weighted by atomic mass is 35.5. The number of aromatic nitrogens is 1. The Morgan fingerprint density at radius 1 is 1.23 bits per heavy atom. The lowest BCUT2D eigenvalue weighted by Gasteiger charge is -2.06. The molecule has 0 atom stereocenters. The highest BCUT2D eigenvalue weighted by Crippen LogP contribution is 2.30. The third-order valence-electron chi connectivity index (χ3n) is 4.14. The van der Waals surface area contributed by atoms with Crippen LogP contribution in [0.5, 0.6) is 0 Å². The molecule has 6 heteroatoms. The molecule has 0 fully saturated rings. The van der Waals surface area contributed by atoms with Crippen LogP contribution in [0.3, 0.4) is 0 Å². The van der Waals surface area contributed by atoms with Gasteiger partial charge in [0, 0.05) is 22.7 Å². The number of amides is 1. The first-order chi connectivity index (χ1) is 10.3. The second kappa shape index (κ2) is 6.26. The van der Waals surface area contributed by atoms with Crippen molar-refractivity contribution in [3.8, 4) is 0 Å². The van der Waals surface area contributed by atoms with Crippen molar-refractivity contribution >= 4 is 40.5 Å². The molecule has 2 aliphatic rings. The molecule has 1 amide bonds. The van der Waals surface area contributed by atoms with Crippen molar-refractivity contribution in [1.82, 2.24) is 4.98 Å². The van der Waals surface area contributed by atoms with Gasteiger partial charge < -0.3 is 5.32 Å². The SMILES string of the molecule is Cl.O=C(Nc1nc2c(s1)CCCC2)c1ccc2c(c1)CCN2. The number of fused-ring (bicyclic) bond motifs is 2. The molecule has 0 unspecified atom stereocenters. The van der Waals surface area contributed by atoms with E-state index in [1.54, 1.807) is 11.3 Å². The van der Waals surface area contributed by atoms with Crippen LogP contribution in [0.25, 0.3) is 0 Å². The van der Waals surface area contributed by atoms with Crippen LogP contribution in [0.1, 0.15) is 39.3 Å². The topological polar surface area (TPSA) is 54.0 Å². The maximum absolute atomic E-state index is 12.4. The predicted octanol–water partition coefficient (Wildman–Crippen LogP) is 3.66. The molecule has 0 radical (unpaired) electrons. The quantitative estimate of drug-likeness (QED) is 0.880. The molecule has 2 aromatic rings. The summed E-state index contributed by atoms with van der Waals surface area (Å²) < 4.78 is 0. The second-order valence-corrected chi connectivity index (χ2v) is 6.68. The lowest BCUT2D eigenvalue weighted by atomic mass is 10.0. The molecule has 1 aliphatic carbocycles. The molecule has 0 saturated carbocycles. The standard InChI is InChI=1S/C16H17N3OS.ClH/c20-15(11-5-6-12-10(9-11)7-8-17-12)19-16-18-13-3-1-2-4-14(13)21-16;/h5-6,9,17H,1-4,7-8H2,(H,18,19,20);1H. The predicted molar refractivity (Wildman–Crippen MR) is 92.6 cm³/mol. The van der Waals surface area contributed by atoms with E-state index in [1.807, 2.05) is 18.2 Å². The normalized spacial score (nSPS) is 15.3. The van der Waals surface area contributed by atoms with Gasteiger partial charge >= 0.3 is 0 Å². The lowest BCUT2D eigenvalue weighted by molar-refractivity contribution is 0.102. The third-order valence-corrected chi connectivity index (χ3v) is 5.22. The molecule has 2 heterocycles. The first-order valence-electron chi connectivity index (χ1n) is 7.46. The molecule has 22 heavy (non-hydrogen) atoms. The average molecular weight is 336 g/mol. The number of halogens is 1. The van der Waals surface area contributed by atoms with Crippen LogP contribution in [0.4, 0.5) is 10.8 Å². The Balaban J connectivity index is 0.00000144. The van der Waals surface area contributed by atoms with Gasteiger partial charge in [-0.25, -0.2) is 4.98 Å². The Hall–Kier alpha value is -1.59. The summed E-state index contributed by atoms with van der Waals surface area (Å²) in [5.41, 5.74) is 4.27. The Kier molecular flexibility index (Phi) is 4.36. The number of nitrogens with one attached hydrogen (secondary N) is 2. The summed E-state index contributed by atoms with van der Waals surface area (Å²) in [7, 11) is 0. The number of nitrogens with zero attached hydrogens (tertiary/aromatic N) is 1. The van der Waals surface area contributed by atoms with E-state index in [1.165, 1.54) is 29.0 Å². The van der Waals surface area contributed by atoms with Crippen molar-refractivity contribution in [1.29, 1.82) is 0 Å². The van der Waals surface area contributed by atoms with Crippen molar-refractivity contribution in [3.63, 3.8) is 0 Å². The number of rotatable bonds is 2. The van der Waals surface area contributed by atoms with Crippen molar-refractivity contribution in [2.45, 2.75) is 32.1 Å². The van der Waals surface area contributed by atoms with E-state index in [9.17, 15) is 4.79 Å². The van der Waals surface area contributed by atoms with E-state index in [2.05, 4.69) is 15.6 Å². The smallest absolute Gasteiger partial charge is 0.257 e. The van der Waals surface area contributed by atoms with Gasteiger partial charge in [0.15, 0.2) is 5.13 Å². The zero-order chi connectivity index (χ0) is 14.2. The van der Waals surface area contributed by atoms with E-state index in [4.69, 9.17) is 0 Å². The maximum Gasteiger partial charge on any atom is 0.257 e. The van der Waals surface area contributed by atoms with Gasteiger partial charge in [-0.3, -0.25) is 10.1 Å². The zero-order valence-electron chi connectivity index (χ0n) is 12.1. The molecule has 0 spiro atoms. The van der Waals surface area contributed by atoms with Gasteiger partial charge in [-0.05, 0) is 55.9 Å². The van der Waals surface area contributed by atoms with E-state index < -0.39 is 0 Å². The number of carbonyl (C=O) groups excluding carboxylic acids is 1. The summed E-state index contributed by atoms with van der Waals surface area (Å²) >= 11 is 1.63. The van der Waals surface area contributed by atoms with E-state index in [0.29, 0.717) is 5.56 Å². The van der Waals surface area contributed by atoms with Crippen molar-refractivity contribution in [2.24, 2.45) is 0 Å². The van der Waals surface area contributed by atoms with E-state index in [-0.39, 0.29) is 18.3 Å². The van der Waals surface area contributed by atoms with Crippen LogP contribution >= 0.6 is 23.7 Å².